The van der Waals surface area contributed by atoms with Crippen LogP contribution < -0.4 is 0 Å². The summed E-state index contributed by atoms with van der Waals surface area (Å²) in [6, 6.07) is 4.46. The number of benzene rings is 1. The fraction of sp³-hybridized carbons (Fsp3) is 0.333. The van der Waals surface area contributed by atoms with Crippen LogP contribution in [0.3, 0.4) is 0 Å². The second-order valence-electron chi connectivity index (χ2n) is 2.95. The molecule has 1 saturated carbocycles. The van der Waals surface area contributed by atoms with Gasteiger partial charge in [-0.25, -0.2) is 4.39 Å². The van der Waals surface area contributed by atoms with E-state index in [2.05, 4.69) is 0 Å². The summed E-state index contributed by atoms with van der Waals surface area (Å²) < 4.78 is 13.0. The number of halogens is 1. The van der Waals surface area contributed by atoms with E-state index in [1.807, 2.05) is 0 Å². The Bertz CT molecular complexity index is 259. The molecule has 2 rings (SSSR count). The SMILES string of the molecule is Oc1cccc(F)c1C1CC1. The summed E-state index contributed by atoms with van der Waals surface area (Å²) in [5.41, 5.74) is 0.507. The third kappa shape index (κ3) is 1.09. The molecule has 0 unspecified atom stereocenters. The van der Waals surface area contributed by atoms with Crippen LogP contribution in [0.2, 0.25) is 0 Å². The Kier molecular flexibility index (Phi) is 1.34. The van der Waals surface area contributed by atoms with Crippen LogP contribution >= 0.6 is 0 Å². The Labute approximate surface area is 64.5 Å². The highest BCUT2D eigenvalue weighted by Gasteiger charge is 2.28. The maximum atomic E-state index is 13.0. The predicted octanol–water partition coefficient (Wildman–Crippen LogP) is 2.41. The molecule has 0 saturated heterocycles. The molecule has 1 aliphatic rings. The Balaban J connectivity index is 2.48. The molecule has 0 radical (unpaired) electrons. The molecule has 1 N–H and O–H groups in total. The summed E-state index contributed by atoms with van der Waals surface area (Å²) in [5, 5.41) is 9.26. The van der Waals surface area contributed by atoms with Crippen molar-refractivity contribution in [1.29, 1.82) is 0 Å². The Morgan fingerprint density at radius 1 is 1.36 bits per heavy atom. The topological polar surface area (TPSA) is 20.2 Å². The van der Waals surface area contributed by atoms with Crippen LogP contribution in [0.5, 0.6) is 5.75 Å². The molecule has 0 aromatic heterocycles. The van der Waals surface area contributed by atoms with E-state index in [1.165, 1.54) is 18.2 Å². The zero-order chi connectivity index (χ0) is 7.84. The number of hydrogen-bond donors (Lipinski definition) is 1. The summed E-state index contributed by atoms with van der Waals surface area (Å²) in [6.07, 6.45) is 2.02. The van der Waals surface area contributed by atoms with Crippen molar-refractivity contribution in [3.63, 3.8) is 0 Å². The van der Waals surface area contributed by atoms with E-state index in [0.717, 1.165) is 12.8 Å². The molecule has 0 amide bonds. The second-order valence-corrected chi connectivity index (χ2v) is 2.95. The molecule has 0 atom stereocenters. The second kappa shape index (κ2) is 2.22. The van der Waals surface area contributed by atoms with Crippen molar-refractivity contribution in [1.82, 2.24) is 0 Å². The Morgan fingerprint density at radius 3 is 2.64 bits per heavy atom. The summed E-state index contributed by atoms with van der Waals surface area (Å²) in [5.74, 6) is 0.108. The maximum Gasteiger partial charge on any atom is 0.130 e. The number of aromatic hydroxyl groups is 1. The maximum absolute atomic E-state index is 13.0. The minimum absolute atomic E-state index is 0.104. The van der Waals surface area contributed by atoms with Gasteiger partial charge in [-0.1, -0.05) is 6.07 Å². The molecule has 0 heterocycles. The van der Waals surface area contributed by atoms with Gasteiger partial charge in [0.25, 0.3) is 0 Å². The van der Waals surface area contributed by atoms with Crippen molar-refractivity contribution in [2.45, 2.75) is 18.8 Å². The van der Waals surface area contributed by atoms with Gasteiger partial charge in [0.1, 0.15) is 11.6 Å². The first kappa shape index (κ1) is 6.65. The van der Waals surface area contributed by atoms with Crippen LogP contribution in [0.1, 0.15) is 24.3 Å². The average molecular weight is 152 g/mol. The van der Waals surface area contributed by atoms with Gasteiger partial charge in [-0.2, -0.15) is 0 Å². The van der Waals surface area contributed by atoms with Crippen molar-refractivity contribution in [2.24, 2.45) is 0 Å². The minimum Gasteiger partial charge on any atom is -0.508 e. The van der Waals surface area contributed by atoms with Crippen molar-refractivity contribution in [2.75, 3.05) is 0 Å². The minimum atomic E-state index is -0.271. The van der Waals surface area contributed by atoms with Gasteiger partial charge in [-0.15, -0.1) is 0 Å². The van der Waals surface area contributed by atoms with Crippen LogP contribution in [0.4, 0.5) is 4.39 Å². The lowest BCUT2D eigenvalue weighted by Crippen LogP contribution is -1.86. The van der Waals surface area contributed by atoms with E-state index in [9.17, 15) is 9.50 Å². The first-order chi connectivity index (χ1) is 5.29. The molecule has 1 aromatic carbocycles. The zero-order valence-corrected chi connectivity index (χ0v) is 6.05. The molecule has 1 fully saturated rings. The van der Waals surface area contributed by atoms with Crippen molar-refractivity contribution < 1.29 is 9.50 Å². The first-order valence-electron chi connectivity index (χ1n) is 3.76. The third-order valence-electron chi connectivity index (χ3n) is 2.02. The molecule has 2 heteroatoms. The lowest BCUT2D eigenvalue weighted by atomic mass is 10.1. The number of hydrogen-bond acceptors (Lipinski definition) is 1. The first-order valence-corrected chi connectivity index (χ1v) is 3.76. The van der Waals surface area contributed by atoms with Gasteiger partial charge in [0.05, 0.1) is 0 Å². The zero-order valence-electron chi connectivity index (χ0n) is 6.05. The molecular weight excluding hydrogens is 143 g/mol. The molecule has 58 valence electrons. The number of phenols is 1. The van der Waals surface area contributed by atoms with Gasteiger partial charge in [0.15, 0.2) is 0 Å². The van der Waals surface area contributed by atoms with E-state index >= 15 is 0 Å². The monoisotopic (exact) mass is 152 g/mol. The van der Waals surface area contributed by atoms with Crippen molar-refractivity contribution >= 4 is 0 Å². The van der Waals surface area contributed by atoms with Crippen molar-refractivity contribution in [3.8, 4) is 5.75 Å². The highest BCUT2D eigenvalue weighted by atomic mass is 19.1. The summed E-state index contributed by atoms with van der Waals surface area (Å²) in [6.45, 7) is 0. The molecule has 0 spiro atoms. The van der Waals surface area contributed by atoms with Gasteiger partial charge in [0.2, 0.25) is 0 Å². The molecule has 0 aliphatic heterocycles. The van der Waals surface area contributed by atoms with Gasteiger partial charge < -0.3 is 5.11 Å². The lowest BCUT2D eigenvalue weighted by molar-refractivity contribution is 0.459. The molecular formula is C9H9FO. The van der Waals surface area contributed by atoms with Crippen LogP contribution in [-0.2, 0) is 0 Å². The standard InChI is InChI=1S/C9H9FO/c10-7-2-1-3-8(11)9(7)6-4-5-6/h1-3,6,11H,4-5H2. The smallest absolute Gasteiger partial charge is 0.130 e. The fourth-order valence-corrected chi connectivity index (χ4v) is 1.30. The molecule has 1 aromatic rings. The predicted molar refractivity (Wildman–Crippen MR) is 40.0 cm³/mol. The van der Waals surface area contributed by atoms with Crippen LogP contribution in [0.15, 0.2) is 18.2 Å². The van der Waals surface area contributed by atoms with Gasteiger partial charge in [0, 0.05) is 5.56 Å². The fourth-order valence-electron chi connectivity index (χ4n) is 1.30. The third-order valence-corrected chi connectivity index (χ3v) is 2.02. The lowest BCUT2D eigenvalue weighted by Gasteiger charge is -2.02. The Hall–Kier alpha value is -1.05. The largest absolute Gasteiger partial charge is 0.508 e. The summed E-state index contributed by atoms with van der Waals surface area (Å²) >= 11 is 0. The van der Waals surface area contributed by atoms with E-state index in [1.54, 1.807) is 0 Å². The molecule has 1 aliphatic carbocycles. The molecule has 11 heavy (non-hydrogen) atoms. The summed E-state index contributed by atoms with van der Waals surface area (Å²) in [7, 11) is 0. The number of rotatable bonds is 1. The average Bonchev–Trinajstić information content (AvgIpc) is 2.70. The quantitative estimate of drug-likeness (QED) is 0.655. The van der Waals surface area contributed by atoms with Gasteiger partial charge in [-0.05, 0) is 30.9 Å². The van der Waals surface area contributed by atoms with E-state index in [0.29, 0.717) is 5.56 Å². The number of phenolic OH excluding ortho intramolecular Hbond substituents is 1. The highest BCUT2D eigenvalue weighted by molar-refractivity contribution is 5.38. The van der Waals surface area contributed by atoms with Crippen LogP contribution in [-0.4, -0.2) is 5.11 Å². The van der Waals surface area contributed by atoms with Crippen molar-refractivity contribution in [3.05, 3.63) is 29.6 Å². The van der Waals surface area contributed by atoms with E-state index in [-0.39, 0.29) is 17.5 Å². The summed E-state index contributed by atoms with van der Waals surface area (Å²) in [4.78, 5) is 0. The van der Waals surface area contributed by atoms with Gasteiger partial charge >= 0.3 is 0 Å². The molecule has 1 nitrogen and oxygen atoms in total. The van der Waals surface area contributed by atoms with E-state index < -0.39 is 0 Å². The molecule has 0 bridgehead atoms. The van der Waals surface area contributed by atoms with Crippen LogP contribution in [0, 0.1) is 5.82 Å². The van der Waals surface area contributed by atoms with Crippen LogP contribution in [0.25, 0.3) is 0 Å². The highest BCUT2D eigenvalue weighted by Crippen LogP contribution is 2.44. The van der Waals surface area contributed by atoms with Gasteiger partial charge in [-0.3, -0.25) is 0 Å². The Morgan fingerprint density at radius 2 is 2.09 bits per heavy atom. The van der Waals surface area contributed by atoms with E-state index in [4.69, 9.17) is 0 Å². The normalized spacial score (nSPS) is 16.8.